The van der Waals surface area contributed by atoms with Crippen LogP contribution < -0.4 is 10.6 Å². The number of hydrogen-bond acceptors (Lipinski definition) is 4. The lowest BCUT2D eigenvalue weighted by Gasteiger charge is -2.20. The molecule has 0 aliphatic carbocycles. The van der Waals surface area contributed by atoms with E-state index in [0.717, 1.165) is 31.9 Å². The van der Waals surface area contributed by atoms with Crippen molar-refractivity contribution in [2.45, 2.75) is 35.7 Å². The molecule has 8 heteroatoms. The van der Waals surface area contributed by atoms with E-state index in [1.807, 2.05) is 0 Å². The molecule has 1 unspecified atom stereocenters. The highest BCUT2D eigenvalue weighted by Crippen LogP contribution is 2.34. The molecule has 0 spiro atoms. The summed E-state index contributed by atoms with van der Waals surface area (Å²) in [5, 5.41) is 6.10. The van der Waals surface area contributed by atoms with Crippen molar-refractivity contribution in [1.29, 1.82) is 0 Å². The summed E-state index contributed by atoms with van der Waals surface area (Å²) in [6, 6.07) is 5.06. The SMILES string of the molecule is O=S(=O)(c1ccccc1NC1CCCCNC1)C(F)(F)F. The second-order valence-electron chi connectivity index (χ2n) is 4.99. The zero-order valence-corrected chi connectivity index (χ0v) is 12.1. The number of alkyl halides is 3. The minimum absolute atomic E-state index is 0.00326. The fraction of sp³-hybridized carbons (Fsp3) is 0.538. The van der Waals surface area contributed by atoms with Crippen LogP contribution >= 0.6 is 0 Å². The molecule has 0 amide bonds. The van der Waals surface area contributed by atoms with Gasteiger partial charge < -0.3 is 10.6 Å². The van der Waals surface area contributed by atoms with Gasteiger partial charge in [0.25, 0.3) is 9.84 Å². The lowest BCUT2D eigenvalue weighted by atomic mass is 10.1. The van der Waals surface area contributed by atoms with Crippen LogP contribution in [0.3, 0.4) is 0 Å². The molecule has 0 radical (unpaired) electrons. The average Bonchev–Trinajstić information content (AvgIpc) is 2.66. The van der Waals surface area contributed by atoms with Crippen LogP contribution in [0.4, 0.5) is 18.9 Å². The smallest absolute Gasteiger partial charge is 0.380 e. The van der Waals surface area contributed by atoms with Gasteiger partial charge in [-0.25, -0.2) is 8.42 Å². The van der Waals surface area contributed by atoms with Crippen LogP contribution in [-0.4, -0.2) is 33.1 Å². The fourth-order valence-electron chi connectivity index (χ4n) is 2.31. The summed E-state index contributed by atoms with van der Waals surface area (Å²) in [5.74, 6) is 0. The number of halogens is 3. The molecule has 0 bridgehead atoms. The summed E-state index contributed by atoms with van der Waals surface area (Å²) < 4.78 is 61.4. The first-order valence-electron chi connectivity index (χ1n) is 6.70. The minimum Gasteiger partial charge on any atom is -0.380 e. The van der Waals surface area contributed by atoms with E-state index in [4.69, 9.17) is 0 Å². The first-order chi connectivity index (χ1) is 9.82. The number of benzene rings is 1. The molecule has 0 saturated carbocycles. The topological polar surface area (TPSA) is 58.2 Å². The van der Waals surface area contributed by atoms with Gasteiger partial charge in [-0.3, -0.25) is 0 Å². The summed E-state index contributed by atoms with van der Waals surface area (Å²) in [4.78, 5) is -0.721. The number of para-hydroxylation sites is 1. The Morgan fingerprint density at radius 3 is 2.62 bits per heavy atom. The van der Waals surface area contributed by atoms with Crippen molar-refractivity contribution in [2.75, 3.05) is 18.4 Å². The predicted molar refractivity (Wildman–Crippen MR) is 73.8 cm³/mol. The Balaban J connectivity index is 2.29. The number of nitrogens with one attached hydrogen (secondary N) is 2. The van der Waals surface area contributed by atoms with E-state index in [2.05, 4.69) is 10.6 Å². The fourth-order valence-corrected chi connectivity index (χ4v) is 3.23. The highest BCUT2D eigenvalue weighted by molar-refractivity contribution is 7.92. The highest BCUT2D eigenvalue weighted by Gasteiger charge is 2.48. The second kappa shape index (κ2) is 6.23. The molecule has 1 saturated heterocycles. The van der Waals surface area contributed by atoms with E-state index >= 15 is 0 Å². The van der Waals surface area contributed by atoms with Crippen molar-refractivity contribution in [3.8, 4) is 0 Å². The van der Waals surface area contributed by atoms with Crippen molar-refractivity contribution in [2.24, 2.45) is 0 Å². The second-order valence-corrected chi connectivity index (χ2v) is 6.90. The molecule has 1 atom stereocenters. The van der Waals surface area contributed by atoms with E-state index < -0.39 is 20.2 Å². The van der Waals surface area contributed by atoms with Gasteiger partial charge in [-0.2, -0.15) is 13.2 Å². The third-order valence-corrected chi connectivity index (χ3v) is 4.93. The van der Waals surface area contributed by atoms with Gasteiger partial charge in [0.1, 0.15) is 0 Å². The summed E-state index contributed by atoms with van der Waals surface area (Å²) in [5.41, 5.74) is -5.30. The van der Waals surface area contributed by atoms with Crippen molar-refractivity contribution >= 4 is 15.5 Å². The molecule has 1 fully saturated rings. The first-order valence-corrected chi connectivity index (χ1v) is 8.18. The molecule has 1 heterocycles. The van der Waals surface area contributed by atoms with E-state index in [1.165, 1.54) is 18.2 Å². The molecule has 1 aliphatic heterocycles. The van der Waals surface area contributed by atoms with Crippen LogP contribution in [-0.2, 0) is 9.84 Å². The molecular formula is C13H17F3N2O2S. The Morgan fingerprint density at radius 2 is 1.90 bits per heavy atom. The van der Waals surface area contributed by atoms with Crippen LogP contribution in [0.25, 0.3) is 0 Å². The van der Waals surface area contributed by atoms with Crippen LogP contribution in [0, 0.1) is 0 Å². The monoisotopic (exact) mass is 322 g/mol. The maximum Gasteiger partial charge on any atom is 0.501 e. The van der Waals surface area contributed by atoms with Gasteiger partial charge in [0.15, 0.2) is 0 Å². The summed E-state index contributed by atoms with van der Waals surface area (Å²) in [7, 11) is -5.35. The molecule has 21 heavy (non-hydrogen) atoms. The highest BCUT2D eigenvalue weighted by atomic mass is 32.2. The zero-order valence-electron chi connectivity index (χ0n) is 11.3. The van der Waals surface area contributed by atoms with Gasteiger partial charge in [0, 0.05) is 12.6 Å². The van der Waals surface area contributed by atoms with Gasteiger partial charge in [0.05, 0.1) is 10.6 Å². The minimum atomic E-state index is -5.35. The Hall–Kier alpha value is -1.28. The van der Waals surface area contributed by atoms with Gasteiger partial charge in [-0.1, -0.05) is 18.6 Å². The number of hydrogen-bond donors (Lipinski definition) is 2. The third-order valence-electron chi connectivity index (χ3n) is 3.39. The number of sulfone groups is 1. The van der Waals surface area contributed by atoms with Crippen molar-refractivity contribution in [3.63, 3.8) is 0 Å². The largest absolute Gasteiger partial charge is 0.501 e. The number of anilines is 1. The van der Waals surface area contributed by atoms with Crippen molar-refractivity contribution in [3.05, 3.63) is 24.3 Å². The van der Waals surface area contributed by atoms with Crippen LogP contribution in [0.1, 0.15) is 19.3 Å². The molecule has 1 aromatic rings. The first kappa shape index (κ1) is 16.1. The number of rotatable bonds is 3. The Bertz CT molecular complexity index is 579. The molecule has 0 aromatic heterocycles. The standard InChI is InChI=1S/C13H17F3N2O2S/c14-13(15,16)21(19,20)12-7-2-1-6-11(12)18-10-5-3-4-8-17-9-10/h1-2,6-7,10,17-18H,3-5,8-9H2. The molecule has 2 rings (SSSR count). The van der Waals surface area contributed by atoms with Crippen LogP contribution in [0.5, 0.6) is 0 Å². The Labute approximate surface area is 121 Å². The average molecular weight is 322 g/mol. The van der Waals surface area contributed by atoms with Crippen LogP contribution in [0.2, 0.25) is 0 Å². The van der Waals surface area contributed by atoms with Crippen LogP contribution in [0.15, 0.2) is 29.2 Å². The molecule has 1 aliphatic rings. The third kappa shape index (κ3) is 3.68. The van der Waals surface area contributed by atoms with E-state index in [-0.39, 0.29) is 11.7 Å². The molecule has 2 N–H and O–H groups in total. The predicted octanol–water partition coefficient (Wildman–Crippen LogP) is 2.53. The molecule has 1 aromatic carbocycles. The molecule has 4 nitrogen and oxygen atoms in total. The lowest BCUT2D eigenvalue weighted by Crippen LogP contribution is -2.32. The molecular weight excluding hydrogens is 305 g/mol. The molecule has 118 valence electrons. The summed E-state index contributed by atoms with van der Waals surface area (Å²) >= 11 is 0. The van der Waals surface area contributed by atoms with Gasteiger partial charge in [0.2, 0.25) is 0 Å². The quantitative estimate of drug-likeness (QED) is 0.898. The van der Waals surface area contributed by atoms with E-state index in [0.29, 0.717) is 6.54 Å². The Morgan fingerprint density at radius 1 is 1.19 bits per heavy atom. The summed E-state index contributed by atoms with van der Waals surface area (Å²) in [6.07, 6.45) is 2.73. The lowest BCUT2D eigenvalue weighted by molar-refractivity contribution is -0.0435. The van der Waals surface area contributed by atoms with Gasteiger partial charge in [-0.15, -0.1) is 0 Å². The van der Waals surface area contributed by atoms with E-state index in [1.54, 1.807) is 0 Å². The van der Waals surface area contributed by atoms with Crippen molar-refractivity contribution in [1.82, 2.24) is 5.32 Å². The van der Waals surface area contributed by atoms with Gasteiger partial charge in [-0.05, 0) is 31.5 Å². The van der Waals surface area contributed by atoms with Gasteiger partial charge >= 0.3 is 5.51 Å². The zero-order chi connectivity index (χ0) is 15.5. The maximum absolute atomic E-state index is 12.7. The Kier molecular flexibility index (Phi) is 4.77. The van der Waals surface area contributed by atoms with Crippen molar-refractivity contribution < 1.29 is 21.6 Å². The normalized spacial score (nSPS) is 20.8. The van der Waals surface area contributed by atoms with E-state index in [9.17, 15) is 21.6 Å². The summed E-state index contributed by atoms with van der Waals surface area (Å²) in [6.45, 7) is 1.46. The maximum atomic E-state index is 12.7.